The third kappa shape index (κ3) is 11.1. The second kappa shape index (κ2) is 25.8. The summed E-state index contributed by atoms with van der Waals surface area (Å²) in [5.74, 6) is 0.905. The topological polar surface area (TPSA) is 147 Å². The summed E-state index contributed by atoms with van der Waals surface area (Å²) in [5.41, 5.74) is 20.8. The summed E-state index contributed by atoms with van der Waals surface area (Å²) >= 11 is 0. The number of benzene rings is 16. The van der Waals surface area contributed by atoms with E-state index >= 15 is 0 Å². The van der Waals surface area contributed by atoms with Crippen molar-refractivity contribution in [3.8, 4) is 147 Å². The molecule has 0 aliphatic heterocycles. The normalized spacial score (nSPS) is 11.2. The SMILES string of the molecule is N#Cc1ccccc1-c1ccc(-c2nc(-c3ccc(-c4ccccc4C#N)cc3)c3cc(-c4ccc5ccc(-c6ccc(-c7nc(-c8ccccc8C#N)c8cc(-c9ccc%10ccccc%10c9)cc(-c9ccc%10ccccc%10c9)c8n7)c(C#N)c6)cc5c4)cc(-c4ccc5ccccc5c4)c3n2)cc1. The number of fused-ring (bicyclic) bond motifs is 6. The Hall–Kier alpha value is -14.8. The van der Waals surface area contributed by atoms with Gasteiger partial charge >= 0.3 is 0 Å². The molecule has 8 nitrogen and oxygen atoms in total. The highest BCUT2D eigenvalue weighted by molar-refractivity contribution is 6.09. The summed E-state index contributed by atoms with van der Waals surface area (Å²) in [7, 11) is 0. The first-order chi connectivity index (χ1) is 51.3. The molecule has 104 heavy (non-hydrogen) atoms. The zero-order valence-corrected chi connectivity index (χ0v) is 55.8. The third-order valence-corrected chi connectivity index (χ3v) is 20.0. The van der Waals surface area contributed by atoms with Gasteiger partial charge in [0.25, 0.3) is 0 Å². The average molecular weight is 1320 g/mol. The lowest BCUT2D eigenvalue weighted by atomic mass is 9.91. The fraction of sp³-hybridized carbons (Fsp3) is 0. The third-order valence-electron chi connectivity index (χ3n) is 20.0. The molecule has 0 saturated carbocycles. The standard InChI is InChI=1S/C96H54N8/c97-55-76-19-7-10-22-83(76)63-30-34-65(35-31-63)91-89-53-80(51-87(74-41-28-60-14-2-5-17-68(60)46-74)93(89)102-95(101-91)66-36-32-64(33-37-66)84-23-11-8-20-77(84)56-98)73-40-27-62-26-38-70(48-79(62)49-73)71-43-44-86(82(50-71)58-100)96-103-92(85-24-12-9-21-78(85)57-99)90-54-81(72-39-25-59-13-1-4-16-67(59)45-72)52-88(94(90)104-96)75-42-29-61-15-3-6-18-69(61)47-75/h1-54H. The van der Waals surface area contributed by atoms with Gasteiger partial charge in [-0.05, 0) is 195 Å². The summed E-state index contributed by atoms with van der Waals surface area (Å²) in [6.07, 6.45) is 0. The molecule has 8 heteroatoms. The minimum absolute atomic E-state index is 0.363. The summed E-state index contributed by atoms with van der Waals surface area (Å²) in [6.45, 7) is 0. The molecule has 0 N–H and O–H groups in total. The molecule has 0 saturated heterocycles. The van der Waals surface area contributed by atoms with Crippen molar-refractivity contribution in [1.29, 1.82) is 21.0 Å². The summed E-state index contributed by atoms with van der Waals surface area (Å²) in [4.78, 5) is 21.9. The van der Waals surface area contributed by atoms with Crippen LogP contribution in [0.2, 0.25) is 0 Å². The molecular formula is C96H54N8. The lowest BCUT2D eigenvalue weighted by Crippen LogP contribution is -2.00. The van der Waals surface area contributed by atoms with Crippen molar-refractivity contribution in [2.75, 3.05) is 0 Å². The Labute approximate surface area is 599 Å². The van der Waals surface area contributed by atoms with E-state index in [1.165, 1.54) is 0 Å². The molecule has 18 rings (SSSR count). The van der Waals surface area contributed by atoms with E-state index in [9.17, 15) is 21.0 Å². The van der Waals surface area contributed by atoms with Gasteiger partial charge in [0, 0.05) is 44.2 Å². The van der Waals surface area contributed by atoms with E-state index in [0.717, 1.165) is 154 Å². The largest absolute Gasteiger partial charge is 0.227 e. The van der Waals surface area contributed by atoms with Gasteiger partial charge in [-0.2, -0.15) is 21.0 Å². The Morgan fingerprint density at radius 2 is 0.519 bits per heavy atom. The van der Waals surface area contributed by atoms with Crippen LogP contribution in [0, 0.1) is 45.3 Å². The monoisotopic (exact) mass is 1320 g/mol. The highest BCUT2D eigenvalue weighted by atomic mass is 14.9. The maximum atomic E-state index is 11.3. The number of hydrogen-bond donors (Lipinski definition) is 0. The van der Waals surface area contributed by atoms with Crippen LogP contribution in [0.5, 0.6) is 0 Å². The van der Waals surface area contributed by atoms with E-state index in [1.54, 1.807) is 0 Å². The zero-order valence-electron chi connectivity index (χ0n) is 55.8. The molecular weight excluding hydrogens is 1270 g/mol. The molecule has 2 aromatic heterocycles. The van der Waals surface area contributed by atoms with Crippen LogP contribution in [0.4, 0.5) is 0 Å². The number of rotatable bonds is 11. The Balaban J connectivity index is 0.779. The van der Waals surface area contributed by atoms with Crippen LogP contribution < -0.4 is 0 Å². The molecule has 0 radical (unpaired) electrons. The molecule has 2 heterocycles. The van der Waals surface area contributed by atoms with Gasteiger partial charge in [-0.25, -0.2) is 19.9 Å². The molecule has 18 aromatic rings. The van der Waals surface area contributed by atoms with Crippen LogP contribution in [0.15, 0.2) is 328 Å². The van der Waals surface area contributed by atoms with Crippen molar-refractivity contribution in [1.82, 2.24) is 19.9 Å². The molecule has 0 spiro atoms. The summed E-state index contributed by atoms with van der Waals surface area (Å²) < 4.78 is 0. The quantitative estimate of drug-likeness (QED) is 0.124. The van der Waals surface area contributed by atoms with Gasteiger partial charge in [-0.3, -0.25) is 0 Å². The van der Waals surface area contributed by atoms with Gasteiger partial charge in [0.15, 0.2) is 11.6 Å². The summed E-state index contributed by atoms with van der Waals surface area (Å²) in [6, 6.07) is 121. The van der Waals surface area contributed by atoms with Crippen LogP contribution in [0.3, 0.4) is 0 Å². The minimum atomic E-state index is 0.363. The maximum Gasteiger partial charge on any atom is 0.161 e. The van der Waals surface area contributed by atoms with E-state index < -0.39 is 0 Å². The molecule has 0 fully saturated rings. The molecule has 0 atom stereocenters. The van der Waals surface area contributed by atoms with Crippen LogP contribution in [-0.2, 0) is 0 Å². The van der Waals surface area contributed by atoms with Gasteiger partial charge in [0.1, 0.15) is 0 Å². The first-order valence-corrected chi connectivity index (χ1v) is 34.3. The van der Waals surface area contributed by atoms with Gasteiger partial charge in [0.05, 0.1) is 69.0 Å². The number of aromatic nitrogens is 4. The molecule has 0 aliphatic carbocycles. The van der Waals surface area contributed by atoms with Crippen LogP contribution in [0.1, 0.15) is 22.3 Å². The van der Waals surface area contributed by atoms with Crippen molar-refractivity contribution in [3.05, 3.63) is 350 Å². The predicted molar refractivity (Wildman–Crippen MR) is 421 cm³/mol. The second-order valence-electron chi connectivity index (χ2n) is 26.1. The predicted octanol–water partition coefficient (Wildman–Crippen LogP) is 24.0. The van der Waals surface area contributed by atoms with Gasteiger partial charge < -0.3 is 0 Å². The Morgan fingerprint density at radius 1 is 0.183 bits per heavy atom. The molecule has 0 unspecified atom stereocenters. The van der Waals surface area contributed by atoms with Crippen molar-refractivity contribution >= 4 is 64.9 Å². The molecule has 16 aromatic carbocycles. The highest BCUT2D eigenvalue weighted by Crippen LogP contribution is 2.45. The van der Waals surface area contributed by atoms with Gasteiger partial charge in [0.2, 0.25) is 0 Å². The number of nitrogens with zero attached hydrogens (tertiary/aromatic N) is 8. The second-order valence-corrected chi connectivity index (χ2v) is 26.1. The van der Waals surface area contributed by atoms with Crippen LogP contribution in [-0.4, -0.2) is 19.9 Å². The van der Waals surface area contributed by atoms with E-state index in [2.05, 4.69) is 231 Å². The Kier molecular flexibility index (Phi) is 15.3. The highest BCUT2D eigenvalue weighted by Gasteiger charge is 2.24. The van der Waals surface area contributed by atoms with Gasteiger partial charge in [-0.15, -0.1) is 0 Å². The average Bonchev–Trinajstić information content (AvgIpc) is 0.749. The van der Waals surface area contributed by atoms with Crippen molar-refractivity contribution < 1.29 is 0 Å². The molecule has 478 valence electrons. The zero-order chi connectivity index (χ0) is 69.8. The van der Waals surface area contributed by atoms with E-state index in [1.807, 2.05) is 121 Å². The van der Waals surface area contributed by atoms with Crippen molar-refractivity contribution in [3.63, 3.8) is 0 Å². The number of hydrogen-bond acceptors (Lipinski definition) is 8. The lowest BCUT2D eigenvalue weighted by Gasteiger charge is -2.17. The Morgan fingerprint density at radius 3 is 1.02 bits per heavy atom. The molecule has 0 bridgehead atoms. The number of nitriles is 4. The fourth-order valence-electron chi connectivity index (χ4n) is 14.7. The van der Waals surface area contributed by atoms with Crippen LogP contribution >= 0.6 is 0 Å². The van der Waals surface area contributed by atoms with Crippen molar-refractivity contribution in [2.45, 2.75) is 0 Å². The fourth-order valence-corrected chi connectivity index (χ4v) is 14.7. The van der Waals surface area contributed by atoms with E-state index in [4.69, 9.17) is 19.9 Å². The minimum Gasteiger partial charge on any atom is -0.227 e. The smallest absolute Gasteiger partial charge is 0.161 e. The first-order valence-electron chi connectivity index (χ1n) is 34.3. The van der Waals surface area contributed by atoms with Crippen molar-refractivity contribution in [2.24, 2.45) is 0 Å². The van der Waals surface area contributed by atoms with E-state index in [-0.39, 0.29) is 0 Å². The lowest BCUT2D eigenvalue weighted by molar-refractivity contribution is 1.22. The van der Waals surface area contributed by atoms with Crippen LogP contribution in [0.25, 0.3) is 188 Å². The van der Waals surface area contributed by atoms with E-state index in [0.29, 0.717) is 56.2 Å². The Bertz CT molecular complexity index is 6780. The first kappa shape index (κ1) is 61.5. The molecule has 0 aliphatic rings. The maximum absolute atomic E-state index is 11.3. The molecule has 0 amide bonds. The summed E-state index contributed by atoms with van der Waals surface area (Å²) in [5, 5.41) is 52.5. The van der Waals surface area contributed by atoms with Gasteiger partial charge in [-0.1, -0.05) is 243 Å².